The van der Waals surface area contributed by atoms with Crippen LogP contribution in [0, 0.1) is 10.1 Å². The van der Waals surface area contributed by atoms with Gasteiger partial charge in [0.1, 0.15) is 0 Å². The van der Waals surface area contributed by atoms with Crippen LogP contribution in [0.4, 0.5) is 5.69 Å². The van der Waals surface area contributed by atoms with Crippen LogP contribution < -0.4 is 5.32 Å². The molecule has 0 aliphatic carbocycles. The second-order valence-corrected chi connectivity index (χ2v) is 7.15. The quantitative estimate of drug-likeness (QED) is 0.591. The molecule has 0 unspecified atom stereocenters. The van der Waals surface area contributed by atoms with Crippen LogP contribution in [0.1, 0.15) is 24.2 Å². The molecule has 23 heavy (non-hydrogen) atoms. The summed E-state index contributed by atoms with van der Waals surface area (Å²) in [6, 6.07) is 12.0. The monoisotopic (exact) mass is 394 g/mol. The summed E-state index contributed by atoms with van der Waals surface area (Å²) < 4.78 is 0.942. The van der Waals surface area contributed by atoms with Crippen LogP contribution in [-0.2, 0) is 0 Å². The second kappa shape index (κ2) is 7.61. The van der Waals surface area contributed by atoms with Crippen LogP contribution >= 0.6 is 27.7 Å². The molecular weight excluding hydrogens is 380 g/mol. The van der Waals surface area contributed by atoms with Gasteiger partial charge in [0.2, 0.25) is 0 Å². The lowest BCUT2D eigenvalue weighted by Crippen LogP contribution is -2.30. The molecule has 0 atom stereocenters. The fourth-order valence-electron chi connectivity index (χ4n) is 1.86. The normalized spacial score (nSPS) is 10.6. The molecule has 7 heteroatoms. The van der Waals surface area contributed by atoms with E-state index in [-0.39, 0.29) is 23.2 Å². The fraction of sp³-hybridized carbons (Fsp3) is 0.188. The van der Waals surface area contributed by atoms with Crippen molar-refractivity contribution in [1.82, 2.24) is 5.32 Å². The van der Waals surface area contributed by atoms with Crippen molar-refractivity contribution >= 4 is 39.3 Å². The van der Waals surface area contributed by atoms with Gasteiger partial charge in [0, 0.05) is 27.0 Å². The molecule has 2 rings (SSSR count). The Labute approximate surface area is 146 Å². The zero-order valence-electron chi connectivity index (χ0n) is 12.6. The van der Waals surface area contributed by atoms with Crippen molar-refractivity contribution in [3.8, 4) is 0 Å². The first-order valence-corrected chi connectivity index (χ1v) is 8.50. The van der Waals surface area contributed by atoms with Crippen LogP contribution in [0.3, 0.4) is 0 Å². The van der Waals surface area contributed by atoms with Crippen molar-refractivity contribution in [3.05, 3.63) is 62.6 Å². The maximum absolute atomic E-state index is 12.0. The van der Waals surface area contributed by atoms with Gasteiger partial charge in [-0.25, -0.2) is 0 Å². The Balaban J connectivity index is 2.31. The predicted octanol–water partition coefficient (Wildman–Crippen LogP) is 4.65. The number of nitro benzene ring substituents is 1. The standard InChI is InChI=1S/C16H15BrN2O3S/c1-10(2)18-16(20)11-3-8-15(14(9-11)19(21)22)23-13-6-4-12(17)5-7-13/h3-10H,1-2H3,(H,18,20). The third-order valence-electron chi connectivity index (χ3n) is 2.88. The lowest BCUT2D eigenvalue weighted by molar-refractivity contribution is -0.387. The van der Waals surface area contributed by atoms with Gasteiger partial charge in [-0.2, -0.15) is 0 Å². The molecule has 0 spiro atoms. The Bertz CT molecular complexity index is 733. The van der Waals surface area contributed by atoms with Gasteiger partial charge in [0.15, 0.2) is 0 Å². The lowest BCUT2D eigenvalue weighted by atomic mass is 10.2. The van der Waals surface area contributed by atoms with Crippen molar-refractivity contribution < 1.29 is 9.72 Å². The molecule has 0 fully saturated rings. The van der Waals surface area contributed by atoms with E-state index in [0.717, 1.165) is 9.37 Å². The van der Waals surface area contributed by atoms with E-state index in [4.69, 9.17) is 0 Å². The summed E-state index contributed by atoms with van der Waals surface area (Å²) in [7, 11) is 0. The summed E-state index contributed by atoms with van der Waals surface area (Å²) in [5, 5.41) is 14.0. The molecule has 0 bridgehead atoms. The number of nitrogens with one attached hydrogen (secondary N) is 1. The highest BCUT2D eigenvalue weighted by molar-refractivity contribution is 9.10. The summed E-state index contributed by atoms with van der Waals surface area (Å²) in [6.45, 7) is 3.67. The first-order chi connectivity index (χ1) is 10.9. The number of amides is 1. The number of carbonyl (C=O) groups excluding carboxylic acids is 1. The molecule has 2 aromatic rings. The minimum absolute atomic E-state index is 0.0293. The molecular formula is C16H15BrN2O3S. The molecule has 2 aromatic carbocycles. The largest absolute Gasteiger partial charge is 0.350 e. The van der Waals surface area contributed by atoms with Gasteiger partial charge in [-0.15, -0.1) is 0 Å². The molecule has 0 aliphatic rings. The predicted molar refractivity (Wildman–Crippen MR) is 94.0 cm³/mol. The van der Waals surface area contributed by atoms with E-state index in [9.17, 15) is 14.9 Å². The fourth-order valence-corrected chi connectivity index (χ4v) is 3.03. The zero-order chi connectivity index (χ0) is 17.0. The van der Waals surface area contributed by atoms with E-state index in [1.54, 1.807) is 12.1 Å². The highest BCUT2D eigenvalue weighted by Gasteiger charge is 2.18. The van der Waals surface area contributed by atoms with E-state index in [1.165, 1.54) is 17.8 Å². The van der Waals surface area contributed by atoms with Gasteiger partial charge in [0.25, 0.3) is 11.6 Å². The lowest BCUT2D eigenvalue weighted by Gasteiger charge is -2.09. The Kier molecular flexibility index (Phi) is 5.79. The van der Waals surface area contributed by atoms with Gasteiger partial charge < -0.3 is 5.32 Å². The van der Waals surface area contributed by atoms with Gasteiger partial charge in [-0.3, -0.25) is 14.9 Å². The third kappa shape index (κ3) is 4.80. The third-order valence-corrected chi connectivity index (χ3v) is 4.48. The molecule has 120 valence electrons. The molecule has 0 heterocycles. The zero-order valence-corrected chi connectivity index (χ0v) is 15.0. The van der Waals surface area contributed by atoms with E-state index >= 15 is 0 Å². The number of halogens is 1. The summed E-state index contributed by atoms with van der Waals surface area (Å²) in [5.41, 5.74) is 0.208. The van der Waals surface area contributed by atoms with E-state index < -0.39 is 4.92 Å². The highest BCUT2D eigenvalue weighted by Crippen LogP contribution is 2.35. The molecule has 0 saturated heterocycles. The molecule has 1 amide bonds. The molecule has 0 aliphatic heterocycles. The molecule has 0 aromatic heterocycles. The van der Waals surface area contributed by atoms with Crippen molar-refractivity contribution in [3.63, 3.8) is 0 Å². The molecule has 1 N–H and O–H groups in total. The second-order valence-electron chi connectivity index (χ2n) is 5.12. The average Bonchev–Trinajstić information content (AvgIpc) is 2.49. The summed E-state index contributed by atoms with van der Waals surface area (Å²) >= 11 is 4.64. The molecule has 5 nitrogen and oxygen atoms in total. The minimum atomic E-state index is -0.465. The number of hydrogen-bond donors (Lipinski definition) is 1. The maximum Gasteiger partial charge on any atom is 0.284 e. The Morgan fingerprint density at radius 3 is 2.43 bits per heavy atom. The van der Waals surface area contributed by atoms with Crippen molar-refractivity contribution in [2.45, 2.75) is 29.7 Å². The van der Waals surface area contributed by atoms with E-state index in [0.29, 0.717) is 4.90 Å². The van der Waals surface area contributed by atoms with Crippen LogP contribution in [0.2, 0.25) is 0 Å². The van der Waals surface area contributed by atoms with Crippen molar-refractivity contribution in [2.24, 2.45) is 0 Å². The van der Waals surface area contributed by atoms with Gasteiger partial charge in [-0.1, -0.05) is 27.7 Å². The Morgan fingerprint density at radius 2 is 1.87 bits per heavy atom. The van der Waals surface area contributed by atoms with E-state index in [1.807, 2.05) is 38.1 Å². The maximum atomic E-state index is 12.0. The number of benzene rings is 2. The average molecular weight is 395 g/mol. The van der Waals surface area contributed by atoms with E-state index in [2.05, 4.69) is 21.2 Å². The van der Waals surface area contributed by atoms with Crippen molar-refractivity contribution in [1.29, 1.82) is 0 Å². The number of rotatable bonds is 5. The first kappa shape index (κ1) is 17.5. The first-order valence-electron chi connectivity index (χ1n) is 6.89. The van der Waals surface area contributed by atoms with Crippen LogP contribution in [0.25, 0.3) is 0 Å². The van der Waals surface area contributed by atoms with Crippen LogP contribution in [-0.4, -0.2) is 16.9 Å². The topological polar surface area (TPSA) is 72.2 Å². The number of hydrogen-bond acceptors (Lipinski definition) is 4. The SMILES string of the molecule is CC(C)NC(=O)c1ccc(Sc2ccc(Br)cc2)c([N+](=O)[O-])c1. The minimum Gasteiger partial charge on any atom is -0.350 e. The van der Waals surface area contributed by atoms with Gasteiger partial charge >= 0.3 is 0 Å². The Morgan fingerprint density at radius 1 is 1.22 bits per heavy atom. The molecule has 0 radical (unpaired) electrons. The summed E-state index contributed by atoms with van der Waals surface area (Å²) in [6.07, 6.45) is 0. The van der Waals surface area contributed by atoms with Gasteiger partial charge in [-0.05, 0) is 50.2 Å². The smallest absolute Gasteiger partial charge is 0.284 e. The summed E-state index contributed by atoms with van der Waals surface area (Å²) in [4.78, 5) is 24.2. The number of carbonyl (C=O) groups is 1. The van der Waals surface area contributed by atoms with Gasteiger partial charge in [0.05, 0.1) is 9.82 Å². The summed E-state index contributed by atoms with van der Waals surface area (Å²) in [5.74, 6) is -0.316. The Hall–Kier alpha value is -1.86. The molecule has 0 saturated carbocycles. The highest BCUT2D eigenvalue weighted by atomic mass is 79.9. The number of nitro groups is 1. The van der Waals surface area contributed by atoms with Crippen LogP contribution in [0.15, 0.2) is 56.7 Å². The van der Waals surface area contributed by atoms with Crippen LogP contribution in [0.5, 0.6) is 0 Å². The van der Waals surface area contributed by atoms with Crippen molar-refractivity contribution in [2.75, 3.05) is 0 Å². The number of nitrogens with zero attached hydrogens (tertiary/aromatic N) is 1.